The summed E-state index contributed by atoms with van der Waals surface area (Å²) in [6.07, 6.45) is 3.22. The number of benzene rings is 1. The largest absolute Gasteiger partial charge is 0.352 e. The van der Waals surface area contributed by atoms with Crippen LogP contribution in [0.25, 0.3) is 0 Å². The van der Waals surface area contributed by atoms with E-state index in [9.17, 15) is 14.4 Å². The van der Waals surface area contributed by atoms with E-state index in [1.54, 1.807) is 30.6 Å². The van der Waals surface area contributed by atoms with Gasteiger partial charge in [0.15, 0.2) is 0 Å². The maximum atomic E-state index is 12.6. The number of carbonyl (C=O) groups is 3. The molecule has 0 radical (unpaired) electrons. The fraction of sp³-hybridized carbons (Fsp3) is 0.263. The summed E-state index contributed by atoms with van der Waals surface area (Å²) in [5, 5.41) is 2.78. The normalized spacial score (nSPS) is 13.3. The van der Waals surface area contributed by atoms with Gasteiger partial charge in [0, 0.05) is 24.5 Å². The zero-order valence-corrected chi connectivity index (χ0v) is 16.9. The molecule has 150 valence electrons. The highest BCUT2D eigenvalue weighted by atomic mass is 35.5. The summed E-state index contributed by atoms with van der Waals surface area (Å²) in [6.45, 7) is 3.03. The van der Waals surface area contributed by atoms with E-state index in [-0.39, 0.29) is 54.7 Å². The third-order valence-corrected chi connectivity index (χ3v) is 4.34. The predicted molar refractivity (Wildman–Crippen MR) is 110 cm³/mol. The first-order valence-electron chi connectivity index (χ1n) is 8.38. The quantitative estimate of drug-likeness (QED) is 0.690. The van der Waals surface area contributed by atoms with Gasteiger partial charge in [0.05, 0.1) is 17.7 Å². The van der Waals surface area contributed by atoms with Crippen molar-refractivity contribution in [3.8, 4) is 0 Å². The Morgan fingerprint density at radius 2 is 1.75 bits per heavy atom. The molecule has 9 heteroatoms. The Labute approximate surface area is 175 Å². The number of pyridine rings is 1. The van der Waals surface area contributed by atoms with E-state index in [1.807, 2.05) is 6.92 Å². The highest BCUT2D eigenvalue weighted by Crippen LogP contribution is 2.25. The fourth-order valence-electron chi connectivity index (χ4n) is 2.70. The number of fused-ring (bicyclic) bond motifs is 1. The molecule has 3 N–H and O–H groups in total. The van der Waals surface area contributed by atoms with Crippen LogP contribution in [0.4, 0.5) is 0 Å². The van der Waals surface area contributed by atoms with E-state index in [2.05, 4.69) is 10.3 Å². The summed E-state index contributed by atoms with van der Waals surface area (Å²) >= 11 is 0. The fourth-order valence-corrected chi connectivity index (χ4v) is 2.70. The number of nitrogens with two attached hydrogens (primary N) is 1. The van der Waals surface area contributed by atoms with Crippen molar-refractivity contribution in [1.82, 2.24) is 15.2 Å². The second-order valence-corrected chi connectivity index (χ2v) is 6.36. The zero-order valence-electron chi connectivity index (χ0n) is 15.3. The van der Waals surface area contributed by atoms with Crippen molar-refractivity contribution in [3.05, 3.63) is 65.0 Å². The summed E-state index contributed by atoms with van der Waals surface area (Å²) in [4.78, 5) is 42.5. The number of hydrogen-bond acceptors (Lipinski definition) is 5. The van der Waals surface area contributed by atoms with Crippen molar-refractivity contribution in [3.63, 3.8) is 0 Å². The Morgan fingerprint density at radius 3 is 2.39 bits per heavy atom. The summed E-state index contributed by atoms with van der Waals surface area (Å²) in [5.74, 6) is -0.884. The van der Waals surface area contributed by atoms with Crippen LogP contribution in [0.15, 0.2) is 42.7 Å². The summed E-state index contributed by atoms with van der Waals surface area (Å²) < 4.78 is 0. The van der Waals surface area contributed by atoms with Gasteiger partial charge < -0.3 is 11.1 Å². The Morgan fingerprint density at radius 1 is 1.11 bits per heavy atom. The van der Waals surface area contributed by atoms with Gasteiger partial charge in [-0.2, -0.15) is 0 Å². The second kappa shape index (κ2) is 10.2. The van der Waals surface area contributed by atoms with Crippen molar-refractivity contribution >= 4 is 42.5 Å². The molecule has 7 nitrogen and oxygen atoms in total. The number of aromatic nitrogens is 1. The first-order valence-corrected chi connectivity index (χ1v) is 8.38. The molecule has 2 aromatic rings. The van der Waals surface area contributed by atoms with Gasteiger partial charge >= 0.3 is 0 Å². The van der Waals surface area contributed by atoms with Crippen molar-refractivity contribution in [2.45, 2.75) is 13.5 Å². The van der Waals surface area contributed by atoms with Crippen LogP contribution in [0.3, 0.4) is 0 Å². The number of nitrogens with zero attached hydrogens (tertiary/aromatic N) is 2. The van der Waals surface area contributed by atoms with Crippen molar-refractivity contribution < 1.29 is 14.4 Å². The monoisotopic (exact) mass is 424 g/mol. The SMILES string of the molecule is CC(CN)CNC(=O)c1ccc2c(c1)C(=O)N(Cc1ccncc1)C2=O.Cl.Cl. The Bertz CT molecular complexity index is 862. The molecule has 2 heterocycles. The number of imide groups is 1. The minimum Gasteiger partial charge on any atom is -0.352 e. The number of carbonyl (C=O) groups excluding carboxylic acids is 3. The van der Waals surface area contributed by atoms with Gasteiger partial charge in [0.2, 0.25) is 0 Å². The number of halogens is 2. The third kappa shape index (κ3) is 4.86. The summed E-state index contributed by atoms with van der Waals surface area (Å²) in [5.41, 5.74) is 7.26. The zero-order chi connectivity index (χ0) is 18.7. The van der Waals surface area contributed by atoms with Gasteiger partial charge in [0.1, 0.15) is 0 Å². The first-order chi connectivity index (χ1) is 12.5. The molecular formula is C19H22Cl2N4O3. The van der Waals surface area contributed by atoms with E-state index >= 15 is 0 Å². The maximum Gasteiger partial charge on any atom is 0.261 e. The lowest BCUT2D eigenvalue weighted by atomic mass is 10.0. The van der Waals surface area contributed by atoms with Gasteiger partial charge in [-0.25, -0.2) is 0 Å². The topological polar surface area (TPSA) is 105 Å². The number of rotatable bonds is 6. The molecule has 3 amide bonds. The lowest BCUT2D eigenvalue weighted by molar-refractivity contribution is 0.0642. The minimum atomic E-state index is -0.396. The molecule has 0 bridgehead atoms. The van der Waals surface area contributed by atoms with Gasteiger partial charge in [0.25, 0.3) is 17.7 Å². The van der Waals surface area contributed by atoms with Crippen LogP contribution in [-0.4, -0.2) is 40.7 Å². The number of nitrogens with one attached hydrogen (secondary N) is 1. The van der Waals surface area contributed by atoms with Gasteiger partial charge in [-0.05, 0) is 48.4 Å². The Balaban J connectivity index is 0.00000196. The third-order valence-electron chi connectivity index (χ3n) is 4.34. The van der Waals surface area contributed by atoms with Crippen LogP contribution in [-0.2, 0) is 6.54 Å². The van der Waals surface area contributed by atoms with Crippen LogP contribution >= 0.6 is 24.8 Å². The van der Waals surface area contributed by atoms with Gasteiger partial charge in [-0.1, -0.05) is 6.92 Å². The molecule has 1 atom stereocenters. The lowest BCUT2D eigenvalue weighted by Crippen LogP contribution is -2.31. The molecule has 1 aliphatic heterocycles. The standard InChI is InChI=1S/C19H20N4O3.2ClH/c1-12(9-20)10-22-17(24)14-2-3-15-16(8-14)19(26)23(18(15)25)11-13-4-6-21-7-5-13;;/h2-8,12H,9-11,20H2,1H3,(H,22,24);2*1H. The molecule has 3 rings (SSSR count). The Kier molecular flexibility index (Phi) is 8.56. The molecule has 1 aromatic heterocycles. The van der Waals surface area contributed by atoms with Crippen molar-refractivity contribution in [1.29, 1.82) is 0 Å². The molecule has 0 aliphatic carbocycles. The van der Waals surface area contributed by atoms with E-state index in [1.165, 1.54) is 17.0 Å². The second-order valence-electron chi connectivity index (χ2n) is 6.36. The molecule has 0 fully saturated rings. The average molecular weight is 425 g/mol. The highest BCUT2D eigenvalue weighted by molar-refractivity contribution is 6.22. The minimum absolute atomic E-state index is 0. The molecule has 0 saturated carbocycles. The van der Waals surface area contributed by atoms with Crippen LogP contribution in [0, 0.1) is 5.92 Å². The van der Waals surface area contributed by atoms with Crippen molar-refractivity contribution in [2.24, 2.45) is 11.7 Å². The maximum absolute atomic E-state index is 12.6. The smallest absolute Gasteiger partial charge is 0.261 e. The number of hydrogen-bond donors (Lipinski definition) is 2. The molecular weight excluding hydrogens is 403 g/mol. The molecule has 1 aliphatic rings. The summed E-state index contributed by atoms with van der Waals surface area (Å²) in [6, 6.07) is 8.07. The average Bonchev–Trinajstić information content (AvgIpc) is 2.91. The molecule has 0 spiro atoms. The Hall–Kier alpha value is -2.48. The van der Waals surface area contributed by atoms with Gasteiger partial charge in [-0.15, -0.1) is 24.8 Å². The molecule has 1 aromatic carbocycles. The van der Waals surface area contributed by atoms with Crippen LogP contribution in [0.2, 0.25) is 0 Å². The van der Waals surface area contributed by atoms with E-state index in [0.717, 1.165) is 5.56 Å². The summed E-state index contributed by atoms with van der Waals surface area (Å²) in [7, 11) is 0. The van der Waals surface area contributed by atoms with E-state index in [4.69, 9.17) is 5.73 Å². The number of amides is 3. The van der Waals surface area contributed by atoms with Crippen LogP contribution in [0.1, 0.15) is 43.6 Å². The molecule has 28 heavy (non-hydrogen) atoms. The van der Waals surface area contributed by atoms with Crippen LogP contribution in [0.5, 0.6) is 0 Å². The van der Waals surface area contributed by atoms with E-state index < -0.39 is 5.91 Å². The van der Waals surface area contributed by atoms with E-state index in [0.29, 0.717) is 24.2 Å². The highest BCUT2D eigenvalue weighted by Gasteiger charge is 2.35. The molecule has 1 unspecified atom stereocenters. The first kappa shape index (κ1) is 23.6. The van der Waals surface area contributed by atoms with Gasteiger partial charge in [-0.3, -0.25) is 24.3 Å². The van der Waals surface area contributed by atoms with Crippen molar-refractivity contribution in [2.75, 3.05) is 13.1 Å². The predicted octanol–water partition coefficient (Wildman–Crippen LogP) is 2.05. The van der Waals surface area contributed by atoms with Crippen LogP contribution < -0.4 is 11.1 Å². The lowest BCUT2D eigenvalue weighted by Gasteiger charge is -2.13. The molecule has 0 saturated heterocycles.